The summed E-state index contributed by atoms with van der Waals surface area (Å²) in [7, 11) is 0. The number of hydrogen-bond donors (Lipinski definition) is 2. The van der Waals surface area contributed by atoms with E-state index in [0.717, 1.165) is 37.7 Å². The summed E-state index contributed by atoms with van der Waals surface area (Å²) in [4.78, 5) is 16.9. The van der Waals surface area contributed by atoms with Crippen LogP contribution in [-0.2, 0) is 4.79 Å². The van der Waals surface area contributed by atoms with Gasteiger partial charge in [-0.05, 0) is 49.9 Å². The van der Waals surface area contributed by atoms with E-state index in [1.165, 1.54) is 12.8 Å². The van der Waals surface area contributed by atoms with Crippen LogP contribution < -0.4 is 10.2 Å². The molecule has 1 aromatic carbocycles. The number of nitrogens with zero attached hydrogens (tertiary/aromatic N) is 4. The first-order valence-corrected chi connectivity index (χ1v) is 9.70. The average molecular weight is 369 g/mol. The molecular weight excluding hydrogens is 342 g/mol. The summed E-state index contributed by atoms with van der Waals surface area (Å²) in [5, 5.41) is 16.8. The molecule has 2 N–H and O–H groups in total. The van der Waals surface area contributed by atoms with Gasteiger partial charge in [0.05, 0.1) is 18.8 Å². The van der Waals surface area contributed by atoms with Gasteiger partial charge in [-0.3, -0.25) is 9.69 Å². The highest BCUT2D eigenvalue weighted by Gasteiger charge is 2.31. The first-order chi connectivity index (χ1) is 13.1. The number of phenolic OH excluding ortho intramolecular Hbond substituents is 1. The van der Waals surface area contributed by atoms with Gasteiger partial charge in [0, 0.05) is 37.9 Å². The van der Waals surface area contributed by atoms with Crippen molar-refractivity contribution < 1.29 is 9.90 Å². The highest BCUT2D eigenvalue weighted by atomic mass is 16.3. The van der Waals surface area contributed by atoms with Crippen molar-refractivity contribution >= 4 is 17.4 Å². The molecule has 2 aliphatic rings. The van der Waals surface area contributed by atoms with Gasteiger partial charge in [0.15, 0.2) is 0 Å². The number of hydrogen-bond acceptors (Lipinski definition) is 5. The summed E-state index contributed by atoms with van der Waals surface area (Å²) in [6, 6.07) is 9.49. The Kier molecular flexibility index (Phi) is 5.03. The lowest BCUT2D eigenvalue weighted by Gasteiger charge is -2.35. The summed E-state index contributed by atoms with van der Waals surface area (Å²) in [5.41, 5.74) is 1.11. The van der Waals surface area contributed by atoms with Crippen molar-refractivity contribution in [2.75, 3.05) is 42.9 Å². The molecule has 1 aliphatic heterocycles. The number of aromatic hydroxyl groups is 1. The number of carbonyl (C=O) groups excluding carboxylic acids is 1. The van der Waals surface area contributed by atoms with Crippen LogP contribution in [0.1, 0.15) is 25.8 Å². The van der Waals surface area contributed by atoms with E-state index in [1.807, 2.05) is 22.9 Å². The zero-order valence-corrected chi connectivity index (χ0v) is 15.7. The quantitative estimate of drug-likeness (QED) is 0.818. The van der Waals surface area contributed by atoms with Crippen LogP contribution in [0.4, 0.5) is 11.5 Å². The van der Waals surface area contributed by atoms with Gasteiger partial charge < -0.3 is 15.3 Å². The molecule has 0 spiro atoms. The molecule has 0 radical (unpaired) electrons. The minimum atomic E-state index is 0.0119. The molecule has 1 atom stereocenters. The second-order valence-corrected chi connectivity index (χ2v) is 7.57. The summed E-state index contributed by atoms with van der Waals surface area (Å²) < 4.78 is 1.94. The van der Waals surface area contributed by atoms with Crippen LogP contribution in [0.2, 0.25) is 0 Å². The monoisotopic (exact) mass is 369 g/mol. The molecule has 1 aliphatic carbocycles. The Morgan fingerprint density at radius 2 is 1.89 bits per heavy atom. The van der Waals surface area contributed by atoms with Crippen molar-refractivity contribution in [1.82, 2.24) is 14.7 Å². The van der Waals surface area contributed by atoms with Crippen LogP contribution in [0.15, 0.2) is 36.5 Å². The van der Waals surface area contributed by atoms with E-state index in [9.17, 15) is 9.90 Å². The maximum absolute atomic E-state index is 12.5. The highest BCUT2D eigenvalue weighted by Crippen LogP contribution is 2.40. The summed E-state index contributed by atoms with van der Waals surface area (Å²) in [6.07, 6.45) is 4.25. The number of aromatic nitrogens is 2. The van der Waals surface area contributed by atoms with Crippen LogP contribution in [0.5, 0.6) is 5.75 Å². The van der Waals surface area contributed by atoms with Gasteiger partial charge in [-0.2, -0.15) is 5.10 Å². The smallest absolute Gasteiger partial charge is 0.239 e. The van der Waals surface area contributed by atoms with Crippen LogP contribution in [0.3, 0.4) is 0 Å². The Hall–Kier alpha value is -2.54. The number of anilines is 2. The molecule has 2 heterocycles. The molecular formula is C20H27N5O2. The molecule has 0 bridgehead atoms. The van der Waals surface area contributed by atoms with Crippen LogP contribution in [0.25, 0.3) is 0 Å². The molecule has 1 aromatic heterocycles. The second kappa shape index (κ2) is 7.60. The van der Waals surface area contributed by atoms with E-state index >= 15 is 0 Å². The summed E-state index contributed by atoms with van der Waals surface area (Å²) in [5.74, 6) is 1.78. The van der Waals surface area contributed by atoms with Gasteiger partial charge in [0.25, 0.3) is 0 Å². The molecule has 2 aromatic rings. The average Bonchev–Trinajstić information content (AvgIpc) is 3.42. The zero-order chi connectivity index (χ0) is 18.8. The third-order valence-corrected chi connectivity index (χ3v) is 5.58. The molecule has 4 rings (SSSR count). The lowest BCUT2D eigenvalue weighted by atomic mass is 10.2. The molecule has 1 amide bonds. The molecule has 2 fully saturated rings. The number of rotatable bonds is 6. The molecule has 7 nitrogen and oxygen atoms in total. The van der Waals surface area contributed by atoms with E-state index in [-0.39, 0.29) is 11.7 Å². The fourth-order valence-electron chi connectivity index (χ4n) is 3.73. The Bertz CT molecular complexity index is 776. The Morgan fingerprint density at radius 1 is 1.19 bits per heavy atom. The molecule has 1 unspecified atom stereocenters. The van der Waals surface area contributed by atoms with Gasteiger partial charge in [0.1, 0.15) is 11.6 Å². The van der Waals surface area contributed by atoms with Crippen molar-refractivity contribution in [2.45, 2.75) is 25.8 Å². The van der Waals surface area contributed by atoms with Gasteiger partial charge in [-0.15, -0.1) is 0 Å². The van der Waals surface area contributed by atoms with Gasteiger partial charge in [0.2, 0.25) is 5.91 Å². The van der Waals surface area contributed by atoms with E-state index in [4.69, 9.17) is 0 Å². The molecule has 144 valence electrons. The van der Waals surface area contributed by atoms with Gasteiger partial charge in [-0.1, -0.05) is 0 Å². The SMILES string of the molecule is CC(C1CC1)n1nccc1NC(=O)CN1CCN(c2ccc(O)cc2)CC1. The largest absolute Gasteiger partial charge is 0.508 e. The predicted molar refractivity (Wildman–Crippen MR) is 105 cm³/mol. The number of benzene rings is 1. The second-order valence-electron chi connectivity index (χ2n) is 7.57. The van der Waals surface area contributed by atoms with Crippen LogP contribution >= 0.6 is 0 Å². The maximum Gasteiger partial charge on any atom is 0.239 e. The van der Waals surface area contributed by atoms with E-state index in [2.05, 4.69) is 27.1 Å². The number of carbonyl (C=O) groups is 1. The van der Waals surface area contributed by atoms with Crippen molar-refractivity contribution in [2.24, 2.45) is 5.92 Å². The van der Waals surface area contributed by atoms with Crippen molar-refractivity contribution in [3.05, 3.63) is 36.5 Å². The third kappa shape index (κ3) is 4.24. The van der Waals surface area contributed by atoms with Crippen LogP contribution in [0, 0.1) is 5.92 Å². The maximum atomic E-state index is 12.5. The van der Waals surface area contributed by atoms with E-state index < -0.39 is 0 Å². The molecule has 27 heavy (non-hydrogen) atoms. The highest BCUT2D eigenvalue weighted by molar-refractivity contribution is 5.91. The number of piperazine rings is 1. The van der Waals surface area contributed by atoms with Gasteiger partial charge >= 0.3 is 0 Å². The fourth-order valence-corrected chi connectivity index (χ4v) is 3.73. The minimum Gasteiger partial charge on any atom is -0.508 e. The Labute approximate surface area is 159 Å². The lowest BCUT2D eigenvalue weighted by Crippen LogP contribution is -2.48. The fraction of sp³-hybridized carbons (Fsp3) is 0.500. The summed E-state index contributed by atoms with van der Waals surface area (Å²) in [6.45, 7) is 5.98. The van der Waals surface area contributed by atoms with Crippen molar-refractivity contribution in [3.8, 4) is 5.75 Å². The normalized spacial score (nSPS) is 19.1. The van der Waals surface area contributed by atoms with E-state index in [0.29, 0.717) is 18.5 Å². The molecule has 1 saturated heterocycles. The first kappa shape index (κ1) is 17.9. The predicted octanol–water partition coefficient (Wildman–Crippen LogP) is 2.32. The minimum absolute atomic E-state index is 0.0119. The molecule has 1 saturated carbocycles. The standard InChI is InChI=1S/C20H27N5O2/c1-15(16-2-3-16)25-19(8-9-21-25)22-20(27)14-23-10-12-24(13-11-23)17-4-6-18(26)7-5-17/h4-9,15-16,26H,2-3,10-14H2,1H3,(H,22,27). The summed E-state index contributed by atoms with van der Waals surface area (Å²) >= 11 is 0. The number of amides is 1. The van der Waals surface area contributed by atoms with E-state index in [1.54, 1.807) is 18.3 Å². The molecule has 7 heteroatoms. The lowest BCUT2D eigenvalue weighted by molar-refractivity contribution is -0.117. The van der Waals surface area contributed by atoms with Crippen molar-refractivity contribution in [3.63, 3.8) is 0 Å². The topological polar surface area (TPSA) is 73.6 Å². The van der Waals surface area contributed by atoms with Gasteiger partial charge in [-0.25, -0.2) is 4.68 Å². The first-order valence-electron chi connectivity index (χ1n) is 9.70. The third-order valence-electron chi connectivity index (χ3n) is 5.58. The number of nitrogens with one attached hydrogen (secondary N) is 1. The van der Waals surface area contributed by atoms with Crippen molar-refractivity contribution in [1.29, 1.82) is 0 Å². The zero-order valence-electron chi connectivity index (χ0n) is 15.7. The Morgan fingerprint density at radius 3 is 2.56 bits per heavy atom. The van der Waals surface area contributed by atoms with Crippen LogP contribution in [-0.4, -0.2) is 58.4 Å². The number of phenols is 1. The Balaban J connectivity index is 1.27.